The number of aliphatic hydroxyl groups is 1. The summed E-state index contributed by atoms with van der Waals surface area (Å²) in [5.41, 5.74) is 1.40. The van der Waals surface area contributed by atoms with Gasteiger partial charge in [-0.25, -0.2) is 0 Å². The lowest BCUT2D eigenvalue weighted by Gasteiger charge is -2.13. The molecule has 0 aliphatic rings. The van der Waals surface area contributed by atoms with Crippen LogP contribution < -0.4 is 0 Å². The van der Waals surface area contributed by atoms with Gasteiger partial charge in [0.15, 0.2) is 0 Å². The molecular formula is C12H11Cl3N2O. The summed E-state index contributed by atoms with van der Waals surface area (Å²) < 4.78 is 1.53. The van der Waals surface area contributed by atoms with Crippen LogP contribution in [-0.2, 0) is 6.54 Å². The third kappa shape index (κ3) is 2.98. The van der Waals surface area contributed by atoms with Crippen molar-refractivity contribution in [2.24, 2.45) is 0 Å². The highest BCUT2D eigenvalue weighted by Crippen LogP contribution is 2.27. The monoisotopic (exact) mass is 304 g/mol. The maximum absolute atomic E-state index is 10.1. The standard InChI is InChI=1S/C12H11Cl3N2O/c1-7-4-12(15)17(16-7)6-11(18)9-3-2-8(13)5-10(9)14/h2-5,11,18H,6H2,1H3. The molecule has 1 heterocycles. The van der Waals surface area contributed by atoms with Gasteiger partial charge in [-0.2, -0.15) is 5.10 Å². The Morgan fingerprint density at radius 3 is 2.56 bits per heavy atom. The van der Waals surface area contributed by atoms with Gasteiger partial charge < -0.3 is 5.11 Å². The first-order valence-corrected chi connectivity index (χ1v) is 6.43. The van der Waals surface area contributed by atoms with Gasteiger partial charge in [0.1, 0.15) is 11.3 Å². The number of nitrogens with zero attached hydrogens (tertiary/aromatic N) is 2. The van der Waals surface area contributed by atoms with Crippen molar-refractivity contribution < 1.29 is 5.11 Å². The number of halogens is 3. The molecule has 6 heteroatoms. The molecule has 0 fully saturated rings. The molecule has 0 saturated heterocycles. The molecule has 1 N–H and O–H groups in total. The largest absolute Gasteiger partial charge is 0.386 e. The highest BCUT2D eigenvalue weighted by molar-refractivity contribution is 6.35. The molecule has 2 aromatic rings. The smallest absolute Gasteiger partial charge is 0.127 e. The van der Waals surface area contributed by atoms with E-state index in [1.54, 1.807) is 24.3 Å². The quantitative estimate of drug-likeness (QED) is 0.934. The van der Waals surface area contributed by atoms with E-state index in [0.29, 0.717) is 20.8 Å². The average Bonchev–Trinajstić information content (AvgIpc) is 2.57. The summed E-state index contributed by atoms with van der Waals surface area (Å²) in [5, 5.41) is 15.8. The Morgan fingerprint density at radius 2 is 2.00 bits per heavy atom. The fourth-order valence-electron chi connectivity index (χ4n) is 1.68. The van der Waals surface area contributed by atoms with Crippen LogP contribution >= 0.6 is 34.8 Å². The van der Waals surface area contributed by atoms with E-state index in [9.17, 15) is 5.11 Å². The van der Waals surface area contributed by atoms with E-state index in [2.05, 4.69) is 5.10 Å². The predicted molar refractivity (Wildman–Crippen MR) is 73.4 cm³/mol. The van der Waals surface area contributed by atoms with E-state index >= 15 is 0 Å². The first-order valence-electron chi connectivity index (χ1n) is 5.30. The molecule has 1 atom stereocenters. The van der Waals surface area contributed by atoms with Crippen LogP contribution in [-0.4, -0.2) is 14.9 Å². The van der Waals surface area contributed by atoms with Crippen molar-refractivity contribution in [3.63, 3.8) is 0 Å². The molecule has 0 saturated carbocycles. The van der Waals surface area contributed by atoms with Crippen molar-refractivity contribution in [1.82, 2.24) is 9.78 Å². The van der Waals surface area contributed by atoms with Crippen LogP contribution in [0.25, 0.3) is 0 Å². The number of hydrogen-bond donors (Lipinski definition) is 1. The normalized spacial score (nSPS) is 12.7. The highest BCUT2D eigenvalue weighted by atomic mass is 35.5. The van der Waals surface area contributed by atoms with Crippen molar-refractivity contribution in [1.29, 1.82) is 0 Å². The summed E-state index contributed by atoms with van der Waals surface area (Å²) in [6.45, 7) is 2.08. The third-order valence-corrected chi connectivity index (χ3v) is 3.39. The molecule has 0 bridgehead atoms. The second-order valence-electron chi connectivity index (χ2n) is 3.97. The van der Waals surface area contributed by atoms with Gasteiger partial charge in [-0.3, -0.25) is 4.68 Å². The third-order valence-electron chi connectivity index (χ3n) is 2.52. The molecule has 18 heavy (non-hydrogen) atoms. The number of rotatable bonds is 3. The SMILES string of the molecule is Cc1cc(Cl)n(CC(O)c2ccc(Cl)cc2Cl)n1. The van der Waals surface area contributed by atoms with E-state index in [0.717, 1.165) is 5.69 Å². The zero-order valence-electron chi connectivity index (χ0n) is 9.57. The van der Waals surface area contributed by atoms with Crippen LogP contribution in [0.2, 0.25) is 15.2 Å². The van der Waals surface area contributed by atoms with E-state index < -0.39 is 6.10 Å². The number of benzene rings is 1. The Balaban J connectivity index is 2.21. The van der Waals surface area contributed by atoms with Crippen molar-refractivity contribution >= 4 is 34.8 Å². The first-order chi connectivity index (χ1) is 8.47. The number of aryl methyl sites for hydroxylation is 1. The summed E-state index contributed by atoms with van der Waals surface area (Å²) in [4.78, 5) is 0. The van der Waals surface area contributed by atoms with Gasteiger partial charge in [-0.05, 0) is 25.1 Å². The minimum absolute atomic E-state index is 0.244. The molecule has 1 aromatic heterocycles. The maximum Gasteiger partial charge on any atom is 0.127 e. The summed E-state index contributed by atoms with van der Waals surface area (Å²) in [5.74, 6) is 0. The molecule has 3 nitrogen and oxygen atoms in total. The Bertz CT molecular complexity index is 568. The van der Waals surface area contributed by atoms with Crippen LogP contribution in [0, 0.1) is 6.92 Å². The molecule has 0 amide bonds. The molecule has 0 radical (unpaired) electrons. The molecule has 1 aromatic carbocycles. The van der Waals surface area contributed by atoms with Gasteiger partial charge in [0.25, 0.3) is 0 Å². The summed E-state index contributed by atoms with van der Waals surface area (Å²) in [6, 6.07) is 6.71. The topological polar surface area (TPSA) is 38.0 Å². The van der Waals surface area contributed by atoms with Crippen molar-refractivity contribution in [3.8, 4) is 0 Å². The van der Waals surface area contributed by atoms with Crippen LogP contribution in [0.5, 0.6) is 0 Å². The Kier molecular flexibility index (Phi) is 4.17. The number of aliphatic hydroxyl groups excluding tert-OH is 1. The van der Waals surface area contributed by atoms with Gasteiger partial charge in [-0.15, -0.1) is 0 Å². The zero-order valence-corrected chi connectivity index (χ0v) is 11.8. The minimum Gasteiger partial charge on any atom is -0.386 e. The lowest BCUT2D eigenvalue weighted by molar-refractivity contribution is 0.151. The second kappa shape index (κ2) is 5.49. The van der Waals surface area contributed by atoms with Crippen LogP contribution in [0.4, 0.5) is 0 Å². The first kappa shape index (κ1) is 13.7. The molecular weight excluding hydrogens is 295 g/mol. The minimum atomic E-state index is -0.786. The van der Waals surface area contributed by atoms with E-state index in [1.165, 1.54) is 4.68 Å². The molecule has 96 valence electrons. The summed E-state index contributed by atoms with van der Waals surface area (Å²) in [6.07, 6.45) is -0.786. The van der Waals surface area contributed by atoms with Crippen molar-refractivity contribution in [2.75, 3.05) is 0 Å². The van der Waals surface area contributed by atoms with E-state index in [-0.39, 0.29) is 6.54 Å². The predicted octanol–water partition coefficient (Wildman–Crippen LogP) is 3.89. The van der Waals surface area contributed by atoms with Crippen LogP contribution in [0.15, 0.2) is 24.3 Å². The average molecular weight is 306 g/mol. The zero-order chi connectivity index (χ0) is 13.3. The lowest BCUT2D eigenvalue weighted by atomic mass is 10.1. The van der Waals surface area contributed by atoms with Crippen LogP contribution in [0.3, 0.4) is 0 Å². The molecule has 0 aliphatic carbocycles. The van der Waals surface area contributed by atoms with Crippen LogP contribution in [0.1, 0.15) is 17.4 Å². The van der Waals surface area contributed by atoms with Gasteiger partial charge in [-0.1, -0.05) is 40.9 Å². The molecule has 2 rings (SSSR count). The Morgan fingerprint density at radius 1 is 1.28 bits per heavy atom. The molecule has 0 spiro atoms. The molecule has 0 aliphatic heterocycles. The van der Waals surface area contributed by atoms with Gasteiger partial charge in [0, 0.05) is 15.6 Å². The lowest BCUT2D eigenvalue weighted by Crippen LogP contribution is -2.10. The summed E-state index contributed by atoms with van der Waals surface area (Å²) >= 11 is 17.8. The number of hydrogen-bond acceptors (Lipinski definition) is 2. The van der Waals surface area contributed by atoms with E-state index in [4.69, 9.17) is 34.8 Å². The molecule has 1 unspecified atom stereocenters. The van der Waals surface area contributed by atoms with Gasteiger partial charge >= 0.3 is 0 Å². The Labute approximate surface area is 120 Å². The van der Waals surface area contributed by atoms with Gasteiger partial charge in [0.2, 0.25) is 0 Å². The fourth-order valence-corrected chi connectivity index (χ4v) is 2.47. The van der Waals surface area contributed by atoms with Gasteiger partial charge in [0.05, 0.1) is 12.2 Å². The maximum atomic E-state index is 10.1. The number of aromatic nitrogens is 2. The highest BCUT2D eigenvalue weighted by Gasteiger charge is 2.14. The fraction of sp³-hybridized carbons (Fsp3) is 0.250. The Hall–Kier alpha value is -0.740. The van der Waals surface area contributed by atoms with E-state index in [1.807, 2.05) is 6.92 Å². The van der Waals surface area contributed by atoms with Crippen molar-refractivity contribution in [2.45, 2.75) is 19.6 Å². The summed E-state index contributed by atoms with van der Waals surface area (Å²) in [7, 11) is 0. The van der Waals surface area contributed by atoms with Crippen molar-refractivity contribution in [3.05, 3.63) is 50.7 Å². The second-order valence-corrected chi connectivity index (χ2v) is 5.20.